The van der Waals surface area contributed by atoms with Gasteiger partial charge in [-0.15, -0.1) is 0 Å². The molecule has 106 valence electrons. The quantitative estimate of drug-likeness (QED) is 0.942. The zero-order valence-corrected chi connectivity index (χ0v) is 11.7. The van der Waals surface area contributed by atoms with Crippen LogP contribution in [-0.4, -0.2) is 13.0 Å². The molecule has 0 aliphatic carbocycles. The minimum absolute atomic E-state index is 0.134. The van der Waals surface area contributed by atoms with Crippen molar-refractivity contribution in [2.75, 3.05) is 12.4 Å². The molecule has 2 rings (SSSR count). The van der Waals surface area contributed by atoms with Crippen molar-refractivity contribution in [2.24, 2.45) is 0 Å². The first-order valence-corrected chi connectivity index (χ1v) is 6.27. The molecule has 0 saturated carbocycles. The highest BCUT2D eigenvalue weighted by molar-refractivity contribution is 6.30. The molecule has 6 heteroatoms. The molecule has 0 unspecified atom stereocenters. The van der Waals surface area contributed by atoms with Crippen molar-refractivity contribution in [3.05, 3.63) is 58.4 Å². The van der Waals surface area contributed by atoms with Gasteiger partial charge in [-0.25, -0.2) is 4.39 Å². The summed E-state index contributed by atoms with van der Waals surface area (Å²) in [6, 6.07) is 10.3. The van der Waals surface area contributed by atoms with Crippen molar-refractivity contribution in [3.63, 3.8) is 0 Å². The average molecular weight is 305 g/mol. The van der Waals surface area contributed by atoms with E-state index in [1.165, 1.54) is 37.4 Å². The third kappa shape index (κ3) is 3.30. The van der Waals surface area contributed by atoms with Gasteiger partial charge in [-0.1, -0.05) is 11.6 Å². The second-order valence-corrected chi connectivity index (χ2v) is 4.54. The number of nitriles is 1. The SMILES string of the molecule is COc1cc(C#N)ccc1NC(=O)c1ccc(Cl)cc1F. The Hall–Kier alpha value is -2.58. The van der Waals surface area contributed by atoms with Gasteiger partial charge in [0.25, 0.3) is 5.91 Å². The summed E-state index contributed by atoms with van der Waals surface area (Å²) in [4.78, 5) is 12.1. The van der Waals surface area contributed by atoms with E-state index in [2.05, 4.69) is 5.32 Å². The van der Waals surface area contributed by atoms with Gasteiger partial charge in [0.05, 0.1) is 30.0 Å². The molecule has 0 atom stereocenters. The Bertz CT molecular complexity index is 741. The van der Waals surface area contributed by atoms with E-state index in [-0.39, 0.29) is 10.6 Å². The molecule has 1 amide bonds. The standard InChI is InChI=1S/C15H10ClFN2O2/c1-21-14-6-9(8-18)2-5-13(14)19-15(20)11-4-3-10(16)7-12(11)17/h2-7H,1H3,(H,19,20). The number of amides is 1. The summed E-state index contributed by atoms with van der Waals surface area (Å²) in [5.74, 6) is -1.03. The summed E-state index contributed by atoms with van der Waals surface area (Å²) in [7, 11) is 1.41. The van der Waals surface area contributed by atoms with Gasteiger partial charge >= 0.3 is 0 Å². The van der Waals surface area contributed by atoms with Crippen molar-refractivity contribution in [1.29, 1.82) is 5.26 Å². The minimum Gasteiger partial charge on any atom is -0.495 e. The van der Waals surface area contributed by atoms with Crippen molar-refractivity contribution in [3.8, 4) is 11.8 Å². The highest BCUT2D eigenvalue weighted by Crippen LogP contribution is 2.26. The molecule has 0 saturated heterocycles. The molecule has 0 aliphatic rings. The smallest absolute Gasteiger partial charge is 0.258 e. The normalized spacial score (nSPS) is 9.81. The van der Waals surface area contributed by atoms with Crippen LogP contribution < -0.4 is 10.1 Å². The number of carbonyl (C=O) groups is 1. The van der Waals surface area contributed by atoms with E-state index < -0.39 is 11.7 Å². The molecule has 1 N–H and O–H groups in total. The van der Waals surface area contributed by atoms with Crippen LogP contribution in [0.25, 0.3) is 0 Å². The van der Waals surface area contributed by atoms with Crippen LogP contribution in [0.4, 0.5) is 10.1 Å². The van der Waals surface area contributed by atoms with Crippen LogP contribution in [0.3, 0.4) is 0 Å². The molecule has 2 aromatic carbocycles. The van der Waals surface area contributed by atoms with E-state index >= 15 is 0 Å². The lowest BCUT2D eigenvalue weighted by Gasteiger charge is -2.11. The molecule has 0 spiro atoms. The second-order valence-electron chi connectivity index (χ2n) is 4.11. The van der Waals surface area contributed by atoms with Gasteiger partial charge in [-0.2, -0.15) is 5.26 Å². The highest BCUT2D eigenvalue weighted by atomic mass is 35.5. The molecule has 0 radical (unpaired) electrons. The van der Waals surface area contributed by atoms with E-state index in [9.17, 15) is 9.18 Å². The van der Waals surface area contributed by atoms with Crippen molar-refractivity contribution < 1.29 is 13.9 Å². The number of nitrogens with one attached hydrogen (secondary N) is 1. The maximum absolute atomic E-state index is 13.7. The molecular formula is C15H10ClFN2O2. The Labute approximate surface area is 125 Å². The number of nitrogens with zero attached hydrogens (tertiary/aromatic N) is 1. The van der Waals surface area contributed by atoms with E-state index in [4.69, 9.17) is 21.6 Å². The third-order valence-electron chi connectivity index (χ3n) is 2.75. The summed E-state index contributed by atoms with van der Waals surface area (Å²) in [5.41, 5.74) is 0.601. The fraction of sp³-hybridized carbons (Fsp3) is 0.0667. The third-order valence-corrected chi connectivity index (χ3v) is 2.99. The largest absolute Gasteiger partial charge is 0.495 e. The summed E-state index contributed by atoms with van der Waals surface area (Å²) < 4.78 is 18.8. The Balaban J connectivity index is 2.29. The molecule has 4 nitrogen and oxygen atoms in total. The first kappa shape index (κ1) is 14.8. The van der Waals surface area contributed by atoms with Crippen molar-refractivity contribution in [2.45, 2.75) is 0 Å². The maximum Gasteiger partial charge on any atom is 0.258 e. The van der Waals surface area contributed by atoms with Crippen LogP contribution >= 0.6 is 11.6 Å². The molecule has 0 fully saturated rings. The Morgan fingerprint density at radius 3 is 2.71 bits per heavy atom. The fourth-order valence-corrected chi connectivity index (χ4v) is 1.89. The van der Waals surface area contributed by atoms with Crippen LogP contribution in [0.2, 0.25) is 5.02 Å². The van der Waals surface area contributed by atoms with Gasteiger partial charge in [-0.05, 0) is 30.3 Å². The monoisotopic (exact) mass is 304 g/mol. The van der Waals surface area contributed by atoms with Crippen molar-refractivity contribution >= 4 is 23.2 Å². The maximum atomic E-state index is 13.7. The van der Waals surface area contributed by atoms with Crippen LogP contribution in [0.1, 0.15) is 15.9 Å². The summed E-state index contributed by atoms with van der Waals surface area (Å²) in [6.45, 7) is 0. The Kier molecular flexibility index (Phi) is 4.41. The lowest BCUT2D eigenvalue weighted by molar-refractivity contribution is 0.102. The number of anilines is 1. The lowest BCUT2D eigenvalue weighted by atomic mass is 10.1. The lowest BCUT2D eigenvalue weighted by Crippen LogP contribution is -2.14. The number of ether oxygens (including phenoxy) is 1. The first-order valence-electron chi connectivity index (χ1n) is 5.89. The summed E-state index contributed by atoms with van der Waals surface area (Å²) in [5, 5.41) is 11.6. The predicted octanol–water partition coefficient (Wildman–Crippen LogP) is 3.61. The van der Waals surface area contributed by atoms with Crippen molar-refractivity contribution in [1.82, 2.24) is 0 Å². The van der Waals surface area contributed by atoms with E-state index in [0.29, 0.717) is 17.0 Å². The predicted molar refractivity (Wildman–Crippen MR) is 77.1 cm³/mol. The van der Waals surface area contributed by atoms with Gasteiger partial charge in [-0.3, -0.25) is 4.79 Å². The molecule has 21 heavy (non-hydrogen) atoms. The van der Waals surface area contributed by atoms with Crippen LogP contribution in [0, 0.1) is 17.1 Å². The number of carbonyl (C=O) groups excluding carboxylic acids is 1. The number of methoxy groups -OCH3 is 1. The number of benzene rings is 2. The van der Waals surface area contributed by atoms with E-state index in [1.54, 1.807) is 0 Å². The molecule has 0 heterocycles. The first-order chi connectivity index (χ1) is 10.0. The van der Waals surface area contributed by atoms with Gasteiger partial charge in [0, 0.05) is 11.1 Å². The Morgan fingerprint density at radius 2 is 2.10 bits per heavy atom. The average Bonchev–Trinajstić information content (AvgIpc) is 2.47. The molecular weight excluding hydrogens is 295 g/mol. The molecule has 0 bridgehead atoms. The minimum atomic E-state index is -0.715. The van der Waals surface area contributed by atoms with Gasteiger partial charge in [0.15, 0.2) is 0 Å². The van der Waals surface area contributed by atoms with Gasteiger partial charge in [0.1, 0.15) is 11.6 Å². The van der Waals surface area contributed by atoms with Gasteiger partial charge < -0.3 is 10.1 Å². The van der Waals surface area contributed by atoms with E-state index in [1.807, 2.05) is 6.07 Å². The second kappa shape index (κ2) is 6.25. The number of hydrogen-bond donors (Lipinski definition) is 1. The van der Waals surface area contributed by atoms with Crippen LogP contribution in [0.15, 0.2) is 36.4 Å². The zero-order chi connectivity index (χ0) is 15.4. The highest BCUT2D eigenvalue weighted by Gasteiger charge is 2.14. The topological polar surface area (TPSA) is 62.1 Å². The molecule has 2 aromatic rings. The zero-order valence-electron chi connectivity index (χ0n) is 11.0. The fourth-order valence-electron chi connectivity index (χ4n) is 1.73. The van der Waals surface area contributed by atoms with E-state index in [0.717, 1.165) is 6.07 Å². The van der Waals surface area contributed by atoms with Gasteiger partial charge in [0.2, 0.25) is 0 Å². The molecule has 0 aliphatic heterocycles. The summed E-state index contributed by atoms with van der Waals surface area (Å²) >= 11 is 5.64. The van der Waals surface area contributed by atoms with Crippen LogP contribution in [-0.2, 0) is 0 Å². The van der Waals surface area contributed by atoms with Crippen LogP contribution in [0.5, 0.6) is 5.75 Å². The number of rotatable bonds is 3. The summed E-state index contributed by atoms with van der Waals surface area (Å²) in [6.07, 6.45) is 0. The number of hydrogen-bond acceptors (Lipinski definition) is 3. The molecule has 0 aromatic heterocycles. The Morgan fingerprint density at radius 1 is 1.33 bits per heavy atom. The number of halogens is 2.